The van der Waals surface area contributed by atoms with E-state index in [1.54, 1.807) is 36.4 Å². The first-order chi connectivity index (χ1) is 16.3. The Hall–Kier alpha value is -3.49. The number of ketones is 1. The first kappa shape index (κ1) is 23.7. The van der Waals surface area contributed by atoms with Crippen LogP contribution in [-0.4, -0.2) is 38.1 Å². The van der Waals surface area contributed by atoms with E-state index in [-0.39, 0.29) is 16.9 Å². The van der Waals surface area contributed by atoms with Crippen LogP contribution in [0.1, 0.15) is 22.0 Å². The second-order valence-corrected chi connectivity index (χ2v) is 8.88. The van der Waals surface area contributed by atoms with Crippen LogP contribution in [0.25, 0.3) is 5.76 Å². The number of thiophene rings is 1. The highest BCUT2D eigenvalue weighted by atomic mass is 35.5. The number of halogens is 1. The van der Waals surface area contributed by atoms with Crippen molar-refractivity contribution in [3.63, 3.8) is 0 Å². The molecule has 0 radical (unpaired) electrons. The molecule has 1 fully saturated rings. The molecule has 4 rings (SSSR count). The van der Waals surface area contributed by atoms with E-state index in [0.29, 0.717) is 28.0 Å². The Balaban J connectivity index is 1.96. The van der Waals surface area contributed by atoms with E-state index in [1.165, 1.54) is 37.6 Å². The Bertz CT molecular complexity index is 1310. The van der Waals surface area contributed by atoms with Crippen LogP contribution in [0, 0.1) is 6.92 Å². The molecule has 0 bridgehead atoms. The zero-order valence-electron chi connectivity index (χ0n) is 18.9. The average molecular weight is 500 g/mol. The van der Waals surface area contributed by atoms with Gasteiger partial charge in [-0.05, 0) is 54.3 Å². The molecule has 1 saturated heterocycles. The number of methoxy groups -OCH3 is 3. The zero-order valence-corrected chi connectivity index (χ0v) is 20.5. The maximum absolute atomic E-state index is 13.3. The molecule has 9 heteroatoms. The van der Waals surface area contributed by atoms with E-state index in [0.717, 1.165) is 10.4 Å². The number of rotatable bonds is 6. The molecule has 1 aromatic heterocycles. The fourth-order valence-corrected chi connectivity index (χ4v) is 5.23. The Morgan fingerprint density at radius 2 is 1.74 bits per heavy atom. The van der Waals surface area contributed by atoms with Crippen molar-refractivity contribution in [2.45, 2.75) is 13.0 Å². The normalized spacial score (nSPS) is 17.2. The summed E-state index contributed by atoms with van der Waals surface area (Å²) in [7, 11) is 4.45. The van der Waals surface area contributed by atoms with Crippen molar-refractivity contribution in [1.82, 2.24) is 0 Å². The van der Waals surface area contributed by atoms with Gasteiger partial charge in [-0.1, -0.05) is 11.6 Å². The molecule has 1 N–H and O–H groups in total. The van der Waals surface area contributed by atoms with Crippen molar-refractivity contribution in [3.05, 3.63) is 74.4 Å². The van der Waals surface area contributed by atoms with Crippen molar-refractivity contribution < 1.29 is 28.9 Å². The predicted octanol–water partition coefficient (Wildman–Crippen LogP) is 5.36. The first-order valence-corrected chi connectivity index (χ1v) is 11.5. The van der Waals surface area contributed by atoms with Gasteiger partial charge in [-0.2, -0.15) is 0 Å². The molecule has 0 saturated carbocycles. The van der Waals surface area contributed by atoms with E-state index in [9.17, 15) is 14.7 Å². The van der Waals surface area contributed by atoms with Gasteiger partial charge in [0, 0.05) is 16.6 Å². The van der Waals surface area contributed by atoms with Gasteiger partial charge in [0.1, 0.15) is 29.0 Å². The zero-order chi connectivity index (χ0) is 24.6. The van der Waals surface area contributed by atoms with Gasteiger partial charge in [0.15, 0.2) is 0 Å². The summed E-state index contributed by atoms with van der Waals surface area (Å²) in [5.74, 6) is -0.649. The van der Waals surface area contributed by atoms with Crippen LogP contribution in [0.15, 0.2) is 53.4 Å². The van der Waals surface area contributed by atoms with Crippen LogP contribution >= 0.6 is 22.9 Å². The van der Waals surface area contributed by atoms with Gasteiger partial charge in [0.25, 0.3) is 11.7 Å². The SMILES string of the molecule is COc1ccc(/C(O)=C2\C(=O)C(=O)N(c3ccc(OC)c(Cl)c3)C2c2sccc2C)c(OC)c1. The van der Waals surface area contributed by atoms with Crippen molar-refractivity contribution in [2.24, 2.45) is 0 Å². The second-order valence-electron chi connectivity index (χ2n) is 7.52. The Kier molecular flexibility index (Phi) is 6.54. The summed E-state index contributed by atoms with van der Waals surface area (Å²) in [6.07, 6.45) is 0. The molecular formula is C25H22ClNO6S. The van der Waals surface area contributed by atoms with Crippen molar-refractivity contribution >= 4 is 46.1 Å². The fraction of sp³-hybridized carbons (Fsp3) is 0.200. The van der Waals surface area contributed by atoms with E-state index >= 15 is 0 Å². The summed E-state index contributed by atoms with van der Waals surface area (Å²) in [6, 6.07) is 10.7. The third-order valence-electron chi connectivity index (χ3n) is 5.67. The molecule has 7 nitrogen and oxygen atoms in total. The van der Waals surface area contributed by atoms with Crippen molar-refractivity contribution in [1.29, 1.82) is 0 Å². The molecule has 1 unspecified atom stereocenters. The molecule has 34 heavy (non-hydrogen) atoms. The minimum absolute atomic E-state index is 0.0362. The topological polar surface area (TPSA) is 85.3 Å². The minimum atomic E-state index is -0.851. The average Bonchev–Trinajstić information content (AvgIpc) is 3.38. The van der Waals surface area contributed by atoms with Gasteiger partial charge in [-0.15, -0.1) is 11.3 Å². The first-order valence-electron chi connectivity index (χ1n) is 10.2. The minimum Gasteiger partial charge on any atom is -0.507 e. The molecule has 2 heterocycles. The number of hydrogen-bond acceptors (Lipinski definition) is 7. The number of ether oxygens (including phenoxy) is 3. The maximum Gasteiger partial charge on any atom is 0.300 e. The van der Waals surface area contributed by atoms with Gasteiger partial charge in [-0.3, -0.25) is 14.5 Å². The number of aliphatic hydroxyl groups is 1. The molecule has 2 aromatic carbocycles. The van der Waals surface area contributed by atoms with Crippen molar-refractivity contribution in [3.8, 4) is 17.2 Å². The van der Waals surface area contributed by atoms with E-state index in [1.807, 2.05) is 18.4 Å². The third-order valence-corrected chi connectivity index (χ3v) is 7.04. The lowest BCUT2D eigenvalue weighted by Gasteiger charge is -2.25. The van der Waals surface area contributed by atoms with Gasteiger partial charge < -0.3 is 19.3 Å². The smallest absolute Gasteiger partial charge is 0.300 e. The number of carbonyl (C=O) groups is 2. The number of carbonyl (C=O) groups excluding carboxylic acids is 2. The Labute approximate surface area is 205 Å². The molecular weight excluding hydrogens is 478 g/mol. The second kappa shape index (κ2) is 9.40. The van der Waals surface area contributed by atoms with Gasteiger partial charge in [0.05, 0.1) is 37.5 Å². The van der Waals surface area contributed by atoms with Crippen molar-refractivity contribution in [2.75, 3.05) is 26.2 Å². The summed E-state index contributed by atoms with van der Waals surface area (Å²) in [5.41, 5.74) is 1.53. The summed E-state index contributed by atoms with van der Waals surface area (Å²) < 4.78 is 15.9. The fourth-order valence-electron chi connectivity index (χ4n) is 3.96. The number of nitrogens with zero attached hydrogens (tertiary/aromatic N) is 1. The van der Waals surface area contributed by atoms with Gasteiger partial charge in [0.2, 0.25) is 0 Å². The maximum atomic E-state index is 13.3. The lowest BCUT2D eigenvalue weighted by Crippen LogP contribution is -2.29. The molecule has 1 aliphatic heterocycles. The Morgan fingerprint density at radius 1 is 1.00 bits per heavy atom. The largest absolute Gasteiger partial charge is 0.507 e. The van der Waals surface area contributed by atoms with Crippen LogP contribution < -0.4 is 19.1 Å². The quantitative estimate of drug-likeness (QED) is 0.279. The van der Waals surface area contributed by atoms with E-state index in [2.05, 4.69) is 0 Å². The summed E-state index contributed by atoms with van der Waals surface area (Å²) in [6.45, 7) is 1.89. The predicted molar refractivity (Wildman–Crippen MR) is 131 cm³/mol. The number of hydrogen-bond donors (Lipinski definition) is 1. The summed E-state index contributed by atoms with van der Waals surface area (Å²) >= 11 is 7.72. The Morgan fingerprint density at radius 3 is 2.32 bits per heavy atom. The summed E-state index contributed by atoms with van der Waals surface area (Å²) in [5, 5.41) is 13.5. The highest BCUT2D eigenvalue weighted by Gasteiger charge is 2.48. The number of aryl methyl sites for hydroxylation is 1. The van der Waals surface area contributed by atoms with Gasteiger partial charge >= 0.3 is 0 Å². The van der Waals surface area contributed by atoms with E-state index in [4.69, 9.17) is 25.8 Å². The number of aliphatic hydroxyl groups excluding tert-OH is 1. The van der Waals surface area contributed by atoms with Crippen LogP contribution in [0.3, 0.4) is 0 Å². The van der Waals surface area contributed by atoms with Crippen LogP contribution in [-0.2, 0) is 9.59 Å². The molecule has 1 amide bonds. The molecule has 1 atom stereocenters. The number of amides is 1. The van der Waals surface area contributed by atoms with Crippen LogP contribution in [0.5, 0.6) is 17.2 Å². The standard InChI is InChI=1S/C25H22ClNO6S/c1-13-9-10-34-24(13)21-20(22(28)16-7-6-15(31-2)12-19(16)33-4)23(29)25(30)27(21)14-5-8-18(32-3)17(26)11-14/h5-12,21,28H,1-4H3/b22-20+. The number of Topliss-reactive ketones (excluding diaryl/α,β-unsaturated/α-hetero) is 1. The third kappa shape index (κ3) is 3.89. The lowest BCUT2D eigenvalue weighted by molar-refractivity contribution is -0.132. The number of benzene rings is 2. The molecule has 0 aliphatic carbocycles. The summed E-state index contributed by atoms with van der Waals surface area (Å²) in [4.78, 5) is 28.7. The van der Waals surface area contributed by atoms with E-state index < -0.39 is 17.7 Å². The van der Waals surface area contributed by atoms with Crippen LogP contribution in [0.4, 0.5) is 5.69 Å². The number of anilines is 1. The highest BCUT2D eigenvalue weighted by Crippen LogP contribution is 2.46. The molecule has 0 spiro atoms. The highest BCUT2D eigenvalue weighted by molar-refractivity contribution is 7.10. The van der Waals surface area contributed by atoms with Gasteiger partial charge in [-0.25, -0.2) is 0 Å². The monoisotopic (exact) mass is 499 g/mol. The lowest BCUT2D eigenvalue weighted by atomic mass is 9.97. The molecule has 3 aromatic rings. The molecule has 176 valence electrons. The van der Waals surface area contributed by atoms with Crippen LogP contribution in [0.2, 0.25) is 5.02 Å². The molecule has 1 aliphatic rings.